The van der Waals surface area contributed by atoms with E-state index in [9.17, 15) is 0 Å². The molecule has 0 aromatic heterocycles. The summed E-state index contributed by atoms with van der Waals surface area (Å²) < 4.78 is 5.76. The van der Waals surface area contributed by atoms with E-state index < -0.39 is 0 Å². The topological polar surface area (TPSA) is 29.5 Å². The predicted octanol–water partition coefficient (Wildman–Crippen LogP) is 2.59. The molecule has 0 spiro atoms. The Bertz CT molecular complexity index is 385. The monoisotopic (exact) mass is 226 g/mol. The SMILES string of the molecule is CC1(C)Cc2cc(CCO)cc(Cl)c2O1. The Kier molecular flexibility index (Phi) is 2.65. The average Bonchev–Trinajstić information content (AvgIpc) is 2.41. The molecule has 1 aromatic rings. The fourth-order valence-electron chi connectivity index (χ4n) is 2.00. The second-order valence-corrected chi connectivity index (χ2v) is 4.99. The quantitative estimate of drug-likeness (QED) is 0.840. The molecule has 0 fully saturated rings. The fourth-order valence-corrected chi connectivity index (χ4v) is 2.30. The van der Waals surface area contributed by atoms with Crippen LogP contribution in [0.4, 0.5) is 0 Å². The molecule has 15 heavy (non-hydrogen) atoms. The molecule has 0 bridgehead atoms. The van der Waals surface area contributed by atoms with Gasteiger partial charge in [0.25, 0.3) is 0 Å². The highest BCUT2D eigenvalue weighted by Crippen LogP contribution is 2.40. The summed E-state index contributed by atoms with van der Waals surface area (Å²) in [5.41, 5.74) is 2.06. The number of aliphatic hydroxyl groups excluding tert-OH is 1. The molecule has 2 rings (SSSR count). The van der Waals surface area contributed by atoms with Gasteiger partial charge in [-0.05, 0) is 37.5 Å². The van der Waals surface area contributed by atoms with Gasteiger partial charge >= 0.3 is 0 Å². The van der Waals surface area contributed by atoms with Crippen molar-refractivity contribution >= 4 is 11.6 Å². The molecule has 0 amide bonds. The van der Waals surface area contributed by atoms with E-state index in [-0.39, 0.29) is 12.2 Å². The van der Waals surface area contributed by atoms with Crippen LogP contribution in [-0.2, 0) is 12.8 Å². The Balaban J connectivity index is 2.38. The normalized spacial score (nSPS) is 17.3. The molecule has 1 aromatic carbocycles. The summed E-state index contributed by atoms with van der Waals surface area (Å²) in [4.78, 5) is 0. The van der Waals surface area contributed by atoms with Crippen LogP contribution in [0.2, 0.25) is 5.02 Å². The summed E-state index contributed by atoms with van der Waals surface area (Å²) >= 11 is 6.13. The van der Waals surface area contributed by atoms with E-state index in [1.807, 2.05) is 6.07 Å². The minimum Gasteiger partial charge on any atom is -0.486 e. The summed E-state index contributed by atoms with van der Waals surface area (Å²) in [6.07, 6.45) is 1.52. The standard InChI is InChI=1S/C12H15ClO2/c1-12(2)7-9-5-8(3-4-14)6-10(13)11(9)15-12/h5-6,14H,3-4,7H2,1-2H3. The van der Waals surface area contributed by atoms with Crippen LogP contribution < -0.4 is 4.74 Å². The van der Waals surface area contributed by atoms with Crippen molar-refractivity contribution in [1.29, 1.82) is 0 Å². The third-order valence-corrected chi connectivity index (χ3v) is 2.86. The first kappa shape index (κ1) is 10.8. The Morgan fingerprint density at radius 1 is 1.47 bits per heavy atom. The molecule has 0 unspecified atom stereocenters. The van der Waals surface area contributed by atoms with Gasteiger partial charge in [-0.15, -0.1) is 0 Å². The molecule has 0 saturated carbocycles. The summed E-state index contributed by atoms with van der Waals surface area (Å²) in [6.45, 7) is 4.25. The van der Waals surface area contributed by atoms with Crippen LogP contribution in [0.15, 0.2) is 12.1 Å². The minimum absolute atomic E-state index is 0.152. The molecule has 2 nitrogen and oxygen atoms in total. The molecule has 1 N–H and O–H groups in total. The van der Waals surface area contributed by atoms with Gasteiger partial charge in [0.2, 0.25) is 0 Å². The zero-order valence-corrected chi connectivity index (χ0v) is 9.77. The lowest BCUT2D eigenvalue weighted by atomic mass is 9.99. The lowest BCUT2D eigenvalue weighted by Gasteiger charge is -2.17. The maximum Gasteiger partial charge on any atom is 0.142 e. The lowest BCUT2D eigenvalue weighted by Crippen LogP contribution is -2.24. The lowest BCUT2D eigenvalue weighted by molar-refractivity contribution is 0.138. The number of hydrogen-bond donors (Lipinski definition) is 1. The van der Waals surface area contributed by atoms with Crippen molar-refractivity contribution in [3.63, 3.8) is 0 Å². The van der Waals surface area contributed by atoms with Gasteiger partial charge in [-0.25, -0.2) is 0 Å². The zero-order valence-electron chi connectivity index (χ0n) is 9.01. The van der Waals surface area contributed by atoms with Crippen molar-refractivity contribution in [3.05, 3.63) is 28.3 Å². The Hall–Kier alpha value is -0.730. The highest BCUT2D eigenvalue weighted by Gasteiger charge is 2.31. The molecule has 1 aliphatic heterocycles. The molecule has 0 saturated heterocycles. The van der Waals surface area contributed by atoms with Crippen LogP contribution in [0.1, 0.15) is 25.0 Å². The second kappa shape index (κ2) is 3.69. The van der Waals surface area contributed by atoms with Crippen LogP contribution >= 0.6 is 11.6 Å². The maximum atomic E-state index is 8.89. The molecular weight excluding hydrogens is 212 g/mol. The van der Waals surface area contributed by atoms with Gasteiger partial charge in [0.15, 0.2) is 0 Å². The van der Waals surface area contributed by atoms with Crippen molar-refractivity contribution in [3.8, 4) is 5.75 Å². The van der Waals surface area contributed by atoms with Gasteiger partial charge in [0, 0.05) is 13.0 Å². The molecule has 0 atom stereocenters. The highest BCUT2D eigenvalue weighted by atomic mass is 35.5. The first-order valence-electron chi connectivity index (χ1n) is 5.13. The van der Waals surface area contributed by atoms with E-state index in [1.165, 1.54) is 0 Å². The Morgan fingerprint density at radius 2 is 2.20 bits per heavy atom. The first-order chi connectivity index (χ1) is 7.02. The number of ether oxygens (including phenoxy) is 1. The predicted molar refractivity (Wildman–Crippen MR) is 60.7 cm³/mol. The van der Waals surface area contributed by atoms with Crippen molar-refractivity contribution in [2.75, 3.05) is 6.61 Å². The molecule has 1 heterocycles. The van der Waals surface area contributed by atoms with Gasteiger partial charge in [-0.1, -0.05) is 17.7 Å². The van der Waals surface area contributed by atoms with E-state index in [1.54, 1.807) is 0 Å². The van der Waals surface area contributed by atoms with Gasteiger partial charge in [-0.2, -0.15) is 0 Å². The molecular formula is C12H15ClO2. The third kappa shape index (κ3) is 2.11. The van der Waals surface area contributed by atoms with Crippen LogP contribution in [0, 0.1) is 0 Å². The molecule has 82 valence electrons. The summed E-state index contributed by atoms with van der Waals surface area (Å²) in [7, 11) is 0. The molecule has 1 aliphatic rings. The van der Waals surface area contributed by atoms with Gasteiger partial charge in [0.1, 0.15) is 11.4 Å². The fraction of sp³-hybridized carbons (Fsp3) is 0.500. The van der Waals surface area contributed by atoms with Crippen molar-refractivity contribution in [1.82, 2.24) is 0 Å². The molecule has 3 heteroatoms. The largest absolute Gasteiger partial charge is 0.486 e. The van der Waals surface area contributed by atoms with E-state index in [0.717, 1.165) is 23.3 Å². The minimum atomic E-state index is -0.163. The van der Waals surface area contributed by atoms with Crippen molar-refractivity contribution in [2.45, 2.75) is 32.3 Å². The van der Waals surface area contributed by atoms with Gasteiger partial charge < -0.3 is 9.84 Å². The highest BCUT2D eigenvalue weighted by molar-refractivity contribution is 6.32. The zero-order chi connectivity index (χ0) is 11.1. The van der Waals surface area contributed by atoms with Gasteiger partial charge in [-0.3, -0.25) is 0 Å². The van der Waals surface area contributed by atoms with E-state index >= 15 is 0 Å². The molecule has 0 aliphatic carbocycles. The Labute approximate surface area is 94.8 Å². The van der Waals surface area contributed by atoms with Crippen LogP contribution in [-0.4, -0.2) is 17.3 Å². The van der Waals surface area contributed by atoms with Crippen molar-refractivity contribution < 1.29 is 9.84 Å². The number of halogens is 1. The average molecular weight is 227 g/mol. The van der Waals surface area contributed by atoms with Crippen LogP contribution in [0.5, 0.6) is 5.75 Å². The Morgan fingerprint density at radius 3 is 2.87 bits per heavy atom. The van der Waals surface area contributed by atoms with Crippen LogP contribution in [0.3, 0.4) is 0 Å². The number of rotatable bonds is 2. The van der Waals surface area contributed by atoms with E-state index in [0.29, 0.717) is 11.4 Å². The van der Waals surface area contributed by atoms with Crippen LogP contribution in [0.25, 0.3) is 0 Å². The maximum absolute atomic E-state index is 8.89. The summed E-state index contributed by atoms with van der Waals surface area (Å²) in [5, 5.41) is 9.54. The van der Waals surface area contributed by atoms with Gasteiger partial charge in [0.05, 0.1) is 5.02 Å². The number of fused-ring (bicyclic) bond motifs is 1. The van der Waals surface area contributed by atoms with E-state index in [2.05, 4.69) is 19.9 Å². The smallest absolute Gasteiger partial charge is 0.142 e. The summed E-state index contributed by atoms with van der Waals surface area (Å²) in [5.74, 6) is 0.809. The van der Waals surface area contributed by atoms with Crippen molar-refractivity contribution in [2.24, 2.45) is 0 Å². The van der Waals surface area contributed by atoms with E-state index in [4.69, 9.17) is 21.4 Å². The summed E-state index contributed by atoms with van der Waals surface area (Å²) in [6, 6.07) is 3.95. The third-order valence-electron chi connectivity index (χ3n) is 2.58. The number of hydrogen-bond acceptors (Lipinski definition) is 2. The number of benzene rings is 1. The second-order valence-electron chi connectivity index (χ2n) is 4.58. The molecule has 0 radical (unpaired) electrons. The number of aliphatic hydroxyl groups is 1. The first-order valence-corrected chi connectivity index (χ1v) is 5.51.